The monoisotopic (exact) mass is 176 g/mol. The molecule has 1 rings (SSSR count). The maximum atomic E-state index is 12.2. The summed E-state index contributed by atoms with van der Waals surface area (Å²) in [6, 6.07) is 0. The highest BCUT2D eigenvalue weighted by molar-refractivity contribution is 6.30. The molecule has 0 bridgehead atoms. The molecule has 0 amide bonds. The van der Waals surface area contributed by atoms with E-state index in [1.165, 1.54) is 0 Å². The highest BCUT2D eigenvalue weighted by atomic mass is 35.5. The van der Waals surface area contributed by atoms with E-state index in [-0.39, 0.29) is 6.67 Å². The summed E-state index contributed by atoms with van der Waals surface area (Å²) in [6.45, 7) is 1.81. The van der Waals surface area contributed by atoms with Gasteiger partial charge in [-0.1, -0.05) is 24.9 Å². The van der Waals surface area contributed by atoms with E-state index in [0.29, 0.717) is 5.92 Å². The predicted octanol–water partition coefficient (Wildman–Crippen LogP) is 3.66. The van der Waals surface area contributed by atoms with Crippen LogP contribution in [0.4, 0.5) is 4.39 Å². The van der Waals surface area contributed by atoms with Crippen LogP contribution in [0.15, 0.2) is 10.6 Å². The Morgan fingerprint density at radius 2 is 2.36 bits per heavy atom. The lowest BCUT2D eigenvalue weighted by atomic mass is 9.88. The van der Waals surface area contributed by atoms with E-state index in [2.05, 4.69) is 6.92 Å². The molecule has 1 aliphatic carbocycles. The number of halogens is 2. The molecule has 0 aliphatic heterocycles. The number of allylic oxidation sites excluding steroid dienone is 2. The average Bonchev–Trinajstić information content (AvgIpc) is 2.04. The van der Waals surface area contributed by atoms with Crippen LogP contribution < -0.4 is 0 Å². The third-order valence-corrected chi connectivity index (χ3v) is 2.87. The van der Waals surface area contributed by atoms with Gasteiger partial charge >= 0.3 is 0 Å². The van der Waals surface area contributed by atoms with Gasteiger partial charge in [0.1, 0.15) is 6.67 Å². The maximum Gasteiger partial charge on any atom is 0.112 e. The molecular weight excluding hydrogens is 163 g/mol. The number of hydrogen-bond acceptors (Lipinski definition) is 0. The summed E-state index contributed by atoms with van der Waals surface area (Å²) < 4.78 is 12.2. The molecule has 0 radical (unpaired) electrons. The molecular formula is C9H14ClF. The Bertz CT molecular complexity index is 163. The number of alkyl halides is 1. The van der Waals surface area contributed by atoms with Crippen molar-refractivity contribution in [1.29, 1.82) is 0 Å². The first kappa shape index (κ1) is 9.05. The van der Waals surface area contributed by atoms with Gasteiger partial charge in [-0.25, -0.2) is 4.39 Å². The fourth-order valence-corrected chi connectivity index (χ4v) is 1.86. The van der Waals surface area contributed by atoms with E-state index < -0.39 is 0 Å². The third-order valence-electron chi connectivity index (χ3n) is 2.44. The average molecular weight is 177 g/mol. The van der Waals surface area contributed by atoms with Crippen LogP contribution in [0, 0.1) is 5.92 Å². The Morgan fingerprint density at radius 3 is 2.82 bits per heavy atom. The zero-order valence-corrected chi connectivity index (χ0v) is 7.62. The summed E-state index contributed by atoms with van der Waals surface area (Å²) in [6.07, 6.45) is 4.05. The second-order valence-electron chi connectivity index (χ2n) is 3.16. The lowest BCUT2D eigenvalue weighted by molar-refractivity contribution is 0.426. The van der Waals surface area contributed by atoms with Crippen molar-refractivity contribution in [3.8, 4) is 0 Å². The van der Waals surface area contributed by atoms with Crippen molar-refractivity contribution in [3.63, 3.8) is 0 Å². The molecule has 0 spiro atoms. The fraction of sp³-hybridized carbons (Fsp3) is 0.778. The van der Waals surface area contributed by atoms with Gasteiger partial charge in [-0.3, -0.25) is 0 Å². The zero-order valence-electron chi connectivity index (χ0n) is 6.87. The van der Waals surface area contributed by atoms with Crippen LogP contribution >= 0.6 is 11.6 Å². The lowest BCUT2D eigenvalue weighted by Gasteiger charge is -2.21. The molecule has 0 N–H and O–H groups in total. The minimum atomic E-state index is -0.352. The van der Waals surface area contributed by atoms with Gasteiger partial charge in [0.15, 0.2) is 0 Å². The summed E-state index contributed by atoms with van der Waals surface area (Å²) in [5.41, 5.74) is 0.830. The SMILES string of the molecule is CCC1CCC(CF)=C(Cl)C1. The fourth-order valence-electron chi connectivity index (χ4n) is 1.50. The van der Waals surface area contributed by atoms with E-state index in [1.54, 1.807) is 0 Å². The summed E-state index contributed by atoms with van der Waals surface area (Å²) in [7, 11) is 0. The van der Waals surface area contributed by atoms with Crippen molar-refractivity contribution >= 4 is 11.6 Å². The Balaban J connectivity index is 2.56. The summed E-state index contributed by atoms with van der Waals surface area (Å²) in [4.78, 5) is 0. The van der Waals surface area contributed by atoms with Crippen molar-refractivity contribution in [2.75, 3.05) is 6.67 Å². The molecule has 1 atom stereocenters. The lowest BCUT2D eigenvalue weighted by Crippen LogP contribution is -2.08. The van der Waals surface area contributed by atoms with Gasteiger partial charge in [0.2, 0.25) is 0 Å². The zero-order chi connectivity index (χ0) is 8.27. The minimum Gasteiger partial charge on any atom is -0.246 e. The van der Waals surface area contributed by atoms with Gasteiger partial charge in [-0.15, -0.1) is 0 Å². The second kappa shape index (κ2) is 4.10. The van der Waals surface area contributed by atoms with Crippen LogP contribution in [0.3, 0.4) is 0 Å². The predicted molar refractivity (Wildman–Crippen MR) is 46.5 cm³/mol. The molecule has 1 unspecified atom stereocenters. The van der Waals surface area contributed by atoms with Crippen LogP contribution in [0.5, 0.6) is 0 Å². The van der Waals surface area contributed by atoms with Crippen molar-refractivity contribution in [2.24, 2.45) is 5.92 Å². The molecule has 0 fully saturated rings. The van der Waals surface area contributed by atoms with E-state index in [4.69, 9.17) is 11.6 Å². The van der Waals surface area contributed by atoms with Crippen LogP contribution in [-0.4, -0.2) is 6.67 Å². The van der Waals surface area contributed by atoms with Crippen molar-refractivity contribution in [1.82, 2.24) is 0 Å². The van der Waals surface area contributed by atoms with Gasteiger partial charge in [-0.2, -0.15) is 0 Å². The van der Waals surface area contributed by atoms with Crippen LogP contribution in [0.2, 0.25) is 0 Å². The van der Waals surface area contributed by atoms with Gasteiger partial charge in [0, 0.05) is 5.03 Å². The Labute approximate surface area is 72.4 Å². The molecule has 2 heteroatoms. The highest BCUT2D eigenvalue weighted by Crippen LogP contribution is 2.33. The normalized spacial score (nSPS) is 25.9. The molecule has 64 valence electrons. The molecule has 0 heterocycles. The van der Waals surface area contributed by atoms with Gasteiger partial charge in [0.25, 0.3) is 0 Å². The molecule has 0 aromatic rings. The molecule has 0 aromatic carbocycles. The number of rotatable bonds is 2. The first-order chi connectivity index (χ1) is 5.27. The summed E-state index contributed by atoms with van der Waals surface area (Å²) in [5, 5.41) is 0.783. The van der Waals surface area contributed by atoms with Crippen LogP contribution in [-0.2, 0) is 0 Å². The standard InChI is InChI=1S/C9H14ClF/c1-2-7-3-4-8(6-11)9(10)5-7/h7H,2-6H2,1H3. The Hall–Kier alpha value is -0.0400. The van der Waals surface area contributed by atoms with Crippen LogP contribution in [0.25, 0.3) is 0 Å². The minimum absolute atomic E-state index is 0.352. The molecule has 0 aromatic heterocycles. The van der Waals surface area contributed by atoms with Crippen molar-refractivity contribution in [3.05, 3.63) is 10.6 Å². The first-order valence-electron chi connectivity index (χ1n) is 4.20. The van der Waals surface area contributed by atoms with Gasteiger partial charge in [-0.05, 0) is 30.8 Å². The molecule has 0 saturated heterocycles. The second-order valence-corrected chi connectivity index (χ2v) is 3.62. The van der Waals surface area contributed by atoms with E-state index >= 15 is 0 Å². The molecule has 11 heavy (non-hydrogen) atoms. The first-order valence-corrected chi connectivity index (χ1v) is 4.58. The van der Waals surface area contributed by atoms with Gasteiger partial charge < -0.3 is 0 Å². The maximum absolute atomic E-state index is 12.2. The summed E-state index contributed by atoms with van der Waals surface area (Å²) >= 11 is 5.90. The quantitative estimate of drug-likeness (QED) is 0.603. The molecule has 0 nitrogen and oxygen atoms in total. The Kier molecular flexibility index (Phi) is 3.38. The third kappa shape index (κ3) is 2.19. The largest absolute Gasteiger partial charge is 0.246 e. The van der Waals surface area contributed by atoms with E-state index in [1.807, 2.05) is 0 Å². The van der Waals surface area contributed by atoms with Gasteiger partial charge in [0.05, 0.1) is 0 Å². The van der Waals surface area contributed by atoms with Crippen molar-refractivity contribution in [2.45, 2.75) is 32.6 Å². The van der Waals surface area contributed by atoms with Crippen LogP contribution in [0.1, 0.15) is 32.6 Å². The summed E-state index contributed by atoms with van der Waals surface area (Å²) in [5.74, 6) is 0.692. The Morgan fingerprint density at radius 1 is 1.64 bits per heavy atom. The number of hydrogen-bond donors (Lipinski definition) is 0. The van der Waals surface area contributed by atoms with E-state index in [9.17, 15) is 4.39 Å². The highest BCUT2D eigenvalue weighted by Gasteiger charge is 2.17. The molecule has 0 saturated carbocycles. The topological polar surface area (TPSA) is 0 Å². The van der Waals surface area contributed by atoms with Crippen molar-refractivity contribution < 1.29 is 4.39 Å². The van der Waals surface area contributed by atoms with E-state index in [0.717, 1.165) is 36.3 Å². The smallest absolute Gasteiger partial charge is 0.112 e. The molecule has 1 aliphatic rings.